The quantitative estimate of drug-likeness (QED) is 0.620. The zero-order chi connectivity index (χ0) is 19.0. The van der Waals surface area contributed by atoms with Crippen LogP contribution in [0.4, 0.5) is 5.82 Å². The van der Waals surface area contributed by atoms with Gasteiger partial charge in [0.25, 0.3) is 0 Å². The van der Waals surface area contributed by atoms with E-state index in [2.05, 4.69) is 10.1 Å². The van der Waals surface area contributed by atoms with E-state index in [1.807, 2.05) is 33.2 Å². The van der Waals surface area contributed by atoms with Gasteiger partial charge < -0.3 is 9.64 Å². The maximum atomic E-state index is 12.3. The van der Waals surface area contributed by atoms with Crippen molar-refractivity contribution in [1.29, 1.82) is 0 Å². The maximum Gasteiger partial charge on any atom is 0.343 e. The summed E-state index contributed by atoms with van der Waals surface area (Å²) in [6, 6.07) is 5.42. The van der Waals surface area contributed by atoms with Crippen molar-refractivity contribution in [3.8, 4) is 11.1 Å². The fraction of sp³-hybridized carbons (Fsp3) is 0.278. The highest BCUT2D eigenvalue weighted by Gasteiger charge is 2.24. The summed E-state index contributed by atoms with van der Waals surface area (Å²) in [6.07, 6.45) is 1.51. The summed E-state index contributed by atoms with van der Waals surface area (Å²) in [5.74, 6) is 0.141. The zero-order valence-corrected chi connectivity index (χ0v) is 16.4. The molecule has 6 nitrogen and oxygen atoms in total. The van der Waals surface area contributed by atoms with Crippen molar-refractivity contribution in [3.63, 3.8) is 0 Å². The Morgan fingerprint density at radius 2 is 2.04 bits per heavy atom. The molecule has 0 amide bonds. The summed E-state index contributed by atoms with van der Waals surface area (Å²) in [4.78, 5) is 18.6. The van der Waals surface area contributed by atoms with Gasteiger partial charge in [0.2, 0.25) is 0 Å². The lowest BCUT2D eigenvalue weighted by atomic mass is 10.1. The number of halogens is 2. The lowest BCUT2D eigenvalue weighted by Gasteiger charge is -2.17. The van der Waals surface area contributed by atoms with Gasteiger partial charge >= 0.3 is 5.97 Å². The number of anilines is 1. The predicted octanol–water partition coefficient (Wildman–Crippen LogP) is 4.25. The van der Waals surface area contributed by atoms with Gasteiger partial charge in [0, 0.05) is 25.9 Å². The Kier molecular flexibility index (Phi) is 5.07. The normalized spacial score (nSPS) is 11.0. The molecule has 0 unspecified atom stereocenters. The summed E-state index contributed by atoms with van der Waals surface area (Å²) in [5, 5.41) is 5.48. The molecule has 2 heterocycles. The molecule has 0 saturated heterocycles. The van der Waals surface area contributed by atoms with Gasteiger partial charge in [-0.2, -0.15) is 9.61 Å². The average Bonchev–Trinajstić information content (AvgIpc) is 2.92. The molecule has 3 rings (SSSR count). The number of esters is 1. The standard InChI is InChI=1S/C18H18Cl2N4O2/c1-5-26-18(25)12-9-21-16-14(11-7-6-8-13(19)15(11)20)10(2)22-24(16)17(12)23(3)4/h6-9H,5H2,1-4H3. The van der Waals surface area contributed by atoms with E-state index in [0.29, 0.717) is 27.1 Å². The first-order valence-electron chi connectivity index (χ1n) is 8.04. The molecule has 3 aromatic rings. The SMILES string of the molecule is CCOC(=O)c1cnc2c(-c3cccc(Cl)c3Cl)c(C)nn2c1N(C)C. The van der Waals surface area contributed by atoms with Crippen LogP contribution in [0.1, 0.15) is 23.0 Å². The van der Waals surface area contributed by atoms with Crippen LogP contribution in [0.3, 0.4) is 0 Å². The molecule has 0 aliphatic heterocycles. The van der Waals surface area contributed by atoms with Gasteiger partial charge in [-0.15, -0.1) is 0 Å². The second-order valence-electron chi connectivity index (χ2n) is 5.91. The van der Waals surface area contributed by atoms with Crippen LogP contribution in [0.15, 0.2) is 24.4 Å². The molecule has 0 radical (unpaired) electrons. The molecule has 0 bridgehead atoms. The molecule has 8 heteroatoms. The van der Waals surface area contributed by atoms with Crippen molar-refractivity contribution in [2.24, 2.45) is 0 Å². The number of aryl methyl sites for hydroxylation is 1. The first-order valence-corrected chi connectivity index (χ1v) is 8.79. The highest BCUT2D eigenvalue weighted by atomic mass is 35.5. The first kappa shape index (κ1) is 18.5. The van der Waals surface area contributed by atoms with Crippen LogP contribution in [0, 0.1) is 6.92 Å². The molecule has 0 aliphatic carbocycles. The van der Waals surface area contributed by atoms with Crippen molar-refractivity contribution in [3.05, 3.63) is 45.7 Å². The summed E-state index contributed by atoms with van der Waals surface area (Å²) < 4.78 is 6.77. The third kappa shape index (κ3) is 2.99. The first-order chi connectivity index (χ1) is 12.4. The van der Waals surface area contributed by atoms with Crippen molar-refractivity contribution < 1.29 is 9.53 Å². The molecule has 0 spiro atoms. The van der Waals surface area contributed by atoms with E-state index in [4.69, 9.17) is 27.9 Å². The van der Waals surface area contributed by atoms with Crippen molar-refractivity contribution in [2.45, 2.75) is 13.8 Å². The number of fused-ring (bicyclic) bond motifs is 1. The van der Waals surface area contributed by atoms with Gasteiger partial charge in [-0.05, 0) is 19.9 Å². The van der Waals surface area contributed by atoms with E-state index in [9.17, 15) is 4.79 Å². The number of rotatable bonds is 4. The van der Waals surface area contributed by atoms with Crippen LogP contribution in [-0.4, -0.2) is 41.3 Å². The molecular weight excluding hydrogens is 375 g/mol. The van der Waals surface area contributed by atoms with Gasteiger partial charge in [-0.25, -0.2) is 9.78 Å². The molecular formula is C18H18Cl2N4O2. The molecule has 2 aromatic heterocycles. The Morgan fingerprint density at radius 1 is 1.31 bits per heavy atom. The van der Waals surface area contributed by atoms with Crippen LogP contribution >= 0.6 is 23.2 Å². The number of hydrogen-bond donors (Lipinski definition) is 0. The number of ether oxygens (including phenoxy) is 1. The molecule has 0 N–H and O–H groups in total. The lowest BCUT2D eigenvalue weighted by Crippen LogP contribution is -2.20. The Balaban J connectivity index is 2.32. The molecule has 0 aliphatic rings. The Morgan fingerprint density at radius 3 is 2.69 bits per heavy atom. The summed E-state index contributed by atoms with van der Waals surface area (Å²) in [6.45, 7) is 3.91. The van der Waals surface area contributed by atoms with Gasteiger partial charge in [0.1, 0.15) is 11.4 Å². The van der Waals surface area contributed by atoms with E-state index in [1.165, 1.54) is 6.20 Å². The number of carbonyl (C=O) groups excluding carboxylic acids is 1. The third-order valence-electron chi connectivity index (χ3n) is 3.93. The number of nitrogens with zero attached hydrogens (tertiary/aromatic N) is 4. The Bertz CT molecular complexity index is 999. The lowest BCUT2D eigenvalue weighted by molar-refractivity contribution is 0.0526. The number of aromatic nitrogens is 3. The number of carbonyl (C=O) groups is 1. The average molecular weight is 393 g/mol. The smallest absolute Gasteiger partial charge is 0.343 e. The fourth-order valence-electron chi connectivity index (χ4n) is 2.87. The van der Waals surface area contributed by atoms with Gasteiger partial charge in [0.05, 0.1) is 27.9 Å². The van der Waals surface area contributed by atoms with Crippen LogP contribution < -0.4 is 4.90 Å². The maximum absolute atomic E-state index is 12.3. The van der Waals surface area contributed by atoms with Gasteiger partial charge in [-0.3, -0.25) is 0 Å². The molecule has 0 atom stereocenters. The Hall–Kier alpha value is -2.31. The molecule has 26 heavy (non-hydrogen) atoms. The van der Waals surface area contributed by atoms with E-state index in [1.54, 1.807) is 22.4 Å². The van der Waals surface area contributed by atoms with Gasteiger partial charge in [0.15, 0.2) is 5.65 Å². The molecule has 1 aromatic carbocycles. The highest BCUT2D eigenvalue weighted by Crippen LogP contribution is 2.38. The molecule has 0 fully saturated rings. The summed E-state index contributed by atoms with van der Waals surface area (Å²) >= 11 is 12.6. The minimum absolute atomic E-state index is 0.283. The summed E-state index contributed by atoms with van der Waals surface area (Å²) in [5.41, 5.74) is 3.17. The topological polar surface area (TPSA) is 59.7 Å². The Labute approximate surface area is 161 Å². The van der Waals surface area contributed by atoms with Crippen LogP contribution in [-0.2, 0) is 4.74 Å². The van der Waals surface area contributed by atoms with Crippen LogP contribution in [0.5, 0.6) is 0 Å². The third-order valence-corrected chi connectivity index (χ3v) is 4.75. The van der Waals surface area contributed by atoms with Gasteiger partial charge in [-0.1, -0.05) is 35.3 Å². The predicted molar refractivity (Wildman–Crippen MR) is 103 cm³/mol. The fourth-order valence-corrected chi connectivity index (χ4v) is 3.27. The van der Waals surface area contributed by atoms with Crippen LogP contribution in [0.2, 0.25) is 10.0 Å². The van der Waals surface area contributed by atoms with E-state index >= 15 is 0 Å². The number of hydrogen-bond acceptors (Lipinski definition) is 5. The summed E-state index contributed by atoms with van der Waals surface area (Å²) in [7, 11) is 3.67. The highest BCUT2D eigenvalue weighted by molar-refractivity contribution is 6.43. The second kappa shape index (κ2) is 7.13. The monoisotopic (exact) mass is 392 g/mol. The molecule has 0 saturated carbocycles. The van der Waals surface area contributed by atoms with Crippen molar-refractivity contribution in [2.75, 3.05) is 25.6 Å². The largest absolute Gasteiger partial charge is 0.462 e. The minimum atomic E-state index is -0.443. The van der Waals surface area contributed by atoms with E-state index in [-0.39, 0.29) is 6.61 Å². The number of benzene rings is 1. The second-order valence-corrected chi connectivity index (χ2v) is 6.69. The molecule has 136 valence electrons. The van der Waals surface area contributed by atoms with Crippen molar-refractivity contribution in [1.82, 2.24) is 14.6 Å². The van der Waals surface area contributed by atoms with Crippen LogP contribution in [0.25, 0.3) is 16.8 Å². The zero-order valence-electron chi connectivity index (χ0n) is 14.9. The van der Waals surface area contributed by atoms with E-state index in [0.717, 1.165) is 16.8 Å². The minimum Gasteiger partial charge on any atom is -0.462 e. The van der Waals surface area contributed by atoms with E-state index < -0.39 is 5.97 Å². The van der Waals surface area contributed by atoms with Crippen molar-refractivity contribution >= 4 is 40.6 Å².